The van der Waals surface area contributed by atoms with Gasteiger partial charge in [-0.05, 0) is 31.2 Å². The van der Waals surface area contributed by atoms with Crippen LogP contribution in [0, 0.1) is 0 Å². The molecule has 9 heteroatoms. The molecular formula is C17H14Cl2N4O2S. The largest absolute Gasteiger partial charge is 0.360 e. The van der Waals surface area contributed by atoms with Crippen LogP contribution in [-0.4, -0.2) is 32.0 Å². The quantitative estimate of drug-likeness (QED) is 0.442. The molecule has 1 fully saturated rings. The molecule has 3 aromatic rings. The average Bonchev–Trinajstić information content (AvgIpc) is 3.19. The van der Waals surface area contributed by atoms with Gasteiger partial charge in [0.2, 0.25) is 0 Å². The molecule has 1 saturated carbocycles. The van der Waals surface area contributed by atoms with Gasteiger partial charge < -0.3 is 4.52 Å². The molecule has 1 aliphatic rings. The van der Waals surface area contributed by atoms with Gasteiger partial charge in [-0.2, -0.15) is 5.10 Å². The lowest BCUT2D eigenvalue weighted by molar-refractivity contribution is 0.103. The van der Waals surface area contributed by atoms with Crippen molar-refractivity contribution in [3.8, 4) is 0 Å². The van der Waals surface area contributed by atoms with Crippen molar-refractivity contribution in [1.82, 2.24) is 19.9 Å². The fourth-order valence-corrected chi connectivity index (χ4v) is 3.71. The molecule has 0 atom stereocenters. The number of rotatable bonds is 6. The summed E-state index contributed by atoms with van der Waals surface area (Å²) < 4.78 is 7.00. The predicted molar refractivity (Wildman–Crippen MR) is 99.3 cm³/mol. The van der Waals surface area contributed by atoms with Crippen molar-refractivity contribution in [2.45, 2.75) is 30.5 Å². The second-order valence-corrected chi connectivity index (χ2v) is 7.56. The molecule has 1 aliphatic carbocycles. The number of nitrogens with zero attached hydrogens (tertiary/aromatic N) is 4. The Morgan fingerprint density at radius 2 is 2.15 bits per heavy atom. The topological polar surface area (TPSA) is 73.8 Å². The van der Waals surface area contributed by atoms with Crippen LogP contribution in [0.1, 0.15) is 46.0 Å². The fourth-order valence-electron chi connectivity index (χ4n) is 2.83. The molecule has 6 nitrogen and oxygen atoms in total. The molecule has 0 radical (unpaired) electrons. The van der Waals surface area contributed by atoms with Gasteiger partial charge in [-0.3, -0.25) is 4.79 Å². The second kappa shape index (κ2) is 7.06. The summed E-state index contributed by atoms with van der Waals surface area (Å²) in [6.45, 7) is 0.292. The van der Waals surface area contributed by atoms with Crippen molar-refractivity contribution < 1.29 is 9.32 Å². The highest BCUT2D eigenvalue weighted by Crippen LogP contribution is 2.42. The van der Waals surface area contributed by atoms with Crippen LogP contribution in [0.25, 0.3) is 0 Å². The molecule has 4 rings (SSSR count). The molecule has 134 valence electrons. The zero-order chi connectivity index (χ0) is 18.3. The van der Waals surface area contributed by atoms with Crippen molar-refractivity contribution in [1.29, 1.82) is 0 Å². The number of carbonyl (C=O) groups excluding carboxylic acids is 1. The number of benzene rings is 1. The normalized spacial score (nSPS) is 14.0. The number of carbonyl (C=O) groups is 1. The Kier molecular flexibility index (Phi) is 4.77. The van der Waals surface area contributed by atoms with Crippen molar-refractivity contribution in [3.63, 3.8) is 0 Å². The zero-order valence-corrected chi connectivity index (χ0v) is 16.1. The lowest BCUT2D eigenvalue weighted by Crippen LogP contribution is -2.12. The summed E-state index contributed by atoms with van der Waals surface area (Å²) in [4.78, 5) is 17.4. The molecule has 2 heterocycles. The molecule has 0 unspecified atom stereocenters. The van der Waals surface area contributed by atoms with Gasteiger partial charge >= 0.3 is 0 Å². The molecule has 0 saturated heterocycles. The maximum absolute atomic E-state index is 13.2. The van der Waals surface area contributed by atoms with E-state index in [1.54, 1.807) is 16.8 Å². The van der Waals surface area contributed by atoms with E-state index in [0.717, 1.165) is 18.0 Å². The first-order chi connectivity index (χ1) is 12.6. The summed E-state index contributed by atoms with van der Waals surface area (Å²) in [5.41, 5.74) is 1.55. The lowest BCUT2D eigenvalue weighted by Gasteiger charge is -2.13. The monoisotopic (exact) mass is 408 g/mol. The average molecular weight is 409 g/mol. The number of ketones is 1. The zero-order valence-electron chi connectivity index (χ0n) is 13.8. The molecule has 26 heavy (non-hydrogen) atoms. The van der Waals surface area contributed by atoms with Crippen LogP contribution in [0.3, 0.4) is 0 Å². The molecule has 0 aliphatic heterocycles. The van der Waals surface area contributed by atoms with E-state index in [2.05, 4.69) is 15.2 Å². The Labute approximate surface area is 163 Å². The van der Waals surface area contributed by atoms with Gasteiger partial charge in [0.15, 0.2) is 16.7 Å². The van der Waals surface area contributed by atoms with Crippen molar-refractivity contribution in [2.75, 3.05) is 6.26 Å². The summed E-state index contributed by atoms with van der Waals surface area (Å²) >= 11 is 14.1. The molecule has 1 aromatic carbocycles. The fraction of sp³-hybridized carbons (Fsp3) is 0.294. The highest BCUT2D eigenvalue weighted by molar-refractivity contribution is 7.98. The Bertz CT molecular complexity index is 981. The third-order valence-corrected chi connectivity index (χ3v) is 5.83. The standard InChI is InChI=1S/C17H14Cl2N4O2S/c1-26-17-20-8-21-23(17)7-12-10(4-5-13(18)14(12)19)15(24)11-6-22-25-16(11)9-2-3-9/h4-6,8-9H,2-3,7H2,1H3. The first kappa shape index (κ1) is 17.6. The smallest absolute Gasteiger partial charge is 0.198 e. The van der Waals surface area contributed by atoms with E-state index in [0.29, 0.717) is 39.0 Å². The molecule has 0 N–H and O–H groups in total. The van der Waals surface area contributed by atoms with Crippen LogP contribution >= 0.6 is 35.0 Å². The Morgan fingerprint density at radius 1 is 1.35 bits per heavy atom. The van der Waals surface area contributed by atoms with Gasteiger partial charge in [0.25, 0.3) is 0 Å². The van der Waals surface area contributed by atoms with E-state index in [-0.39, 0.29) is 11.7 Å². The van der Waals surface area contributed by atoms with Gasteiger partial charge in [-0.15, -0.1) is 0 Å². The summed E-state index contributed by atoms with van der Waals surface area (Å²) in [6.07, 6.45) is 6.88. The number of aromatic nitrogens is 4. The van der Waals surface area contributed by atoms with Crippen LogP contribution in [0.15, 0.2) is 34.3 Å². The Morgan fingerprint density at radius 3 is 2.88 bits per heavy atom. The number of halogens is 2. The third-order valence-electron chi connectivity index (χ3n) is 4.30. The Balaban J connectivity index is 1.77. The van der Waals surface area contributed by atoms with E-state index in [4.69, 9.17) is 27.7 Å². The van der Waals surface area contributed by atoms with E-state index < -0.39 is 0 Å². The van der Waals surface area contributed by atoms with Crippen LogP contribution in [0.5, 0.6) is 0 Å². The van der Waals surface area contributed by atoms with E-state index >= 15 is 0 Å². The molecule has 2 aromatic heterocycles. The van der Waals surface area contributed by atoms with E-state index in [9.17, 15) is 4.79 Å². The van der Waals surface area contributed by atoms with Crippen LogP contribution in [0.2, 0.25) is 10.0 Å². The SMILES string of the molecule is CSc1ncnn1Cc1c(C(=O)c2cnoc2C2CC2)ccc(Cl)c1Cl. The third kappa shape index (κ3) is 3.15. The maximum atomic E-state index is 13.2. The number of hydrogen-bond acceptors (Lipinski definition) is 6. The van der Waals surface area contributed by atoms with Gasteiger partial charge in [-0.25, -0.2) is 9.67 Å². The van der Waals surface area contributed by atoms with Crippen molar-refractivity contribution in [3.05, 3.63) is 57.2 Å². The van der Waals surface area contributed by atoms with Gasteiger partial charge in [-0.1, -0.05) is 40.1 Å². The van der Waals surface area contributed by atoms with Crippen LogP contribution in [-0.2, 0) is 6.54 Å². The maximum Gasteiger partial charge on any atom is 0.198 e. The van der Waals surface area contributed by atoms with Crippen molar-refractivity contribution in [2.24, 2.45) is 0 Å². The first-order valence-electron chi connectivity index (χ1n) is 7.98. The molecule has 0 amide bonds. The van der Waals surface area contributed by atoms with Crippen LogP contribution < -0.4 is 0 Å². The lowest BCUT2D eigenvalue weighted by atomic mass is 9.97. The predicted octanol–water partition coefficient (Wildman–Crippen LogP) is 4.45. The van der Waals surface area contributed by atoms with Gasteiger partial charge in [0, 0.05) is 17.0 Å². The first-order valence-corrected chi connectivity index (χ1v) is 9.96. The molecule has 0 bridgehead atoms. The number of thioether (sulfide) groups is 1. The highest BCUT2D eigenvalue weighted by Gasteiger charge is 2.33. The minimum Gasteiger partial charge on any atom is -0.360 e. The number of hydrogen-bond donors (Lipinski definition) is 0. The molecular weight excluding hydrogens is 395 g/mol. The van der Waals surface area contributed by atoms with Crippen molar-refractivity contribution >= 4 is 40.7 Å². The summed E-state index contributed by atoms with van der Waals surface area (Å²) in [6, 6.07) is 3.31. The molecule has 0 spiro atoms. The highest BCUT2D eigenvalue weighted by atomic mass is 35.5. The van der Waals surface area contributed by atoms with E-state index in [1.807, 2.05) is 6.26 Å². The second-order valence-electron chi connectivity index (χ2n) is 6.00. The van der Waals surface area contributed by atoms with E-state index in [1.165, 1.54) is 24.3 Å². The van der Waals surface area contributed by atoms with Crippen LogP contribution in [0.4, 0.5) is 0 Å². The summed E-state index contributed by atoms with van der Waals surface area (Å²) in [5, 5.41) is 9.48. The van der Waals surface area contributed by atoms with Gasteiger partial charge in [0.05, 0.1) is 28.4 Å². The summed E-state index contributed by atoms with van der Waals surface area (Å²) in [5.74, 6) is 0.756. The Hall–Kier alpha value is -1.83. The minimum atomic E-state index is -0.174. The minimum absolute atomic E-state index is 0.174. The van der Waals surface area contributed by atoms with Gasteiger partial charge in [0.1, 0.15) is 6.33 Å². The summed E-state index contributed by atoms with van der Waals surface area (Å²) in [7, 11) is 0.